The van der Waals surface area contributed by atoms with Gasteiger partial charge in [-0.05, 0) is 29.5 Å². The van der Waals surface area contributed by atoms with Crippen LogP contribution in [0.3, 0.4) is 0 Å². The molecule has 6 nitrogen and oxygen atoms in total. The van der Waals surface area contributed by atoms with Crippen LogP contribution in [-0.4, -0.2) is 12.7 Å². The first-order valence-corrected chi connectivity index (χ1v) is 8.38. The SMILES string of the molecule is CCOC(=O)Nc1ccc(NCc2ccc(C(C)(C)C)cc2)[nH+]c1N.[Cl-]. The van der Waals surface area contributed by atoms with E-state index >= 15 is 0 Å². The van der Waals surface area contributed by atoms with Gasteiger partial charge in [0, 0.05) is 6.07 Å². The summed E-state index contributed by atoms with van der Waals surface area (Å²) in [7, 11) is 0. The number of nitrogens with two attached hydrogens (primary N) is 1. The van der Waals surface area contributed by atoms with Gasteiger partial charge >= 0.3 is 6.09 Å². The molecule has 1 aromatic heterocycles. The molecule has 0 spiro atoms. The number of pyridine rings is 1. The molecule has 2 aromatic rings. The van der Waals surface area contributed by atoms with Crippen molar-refractivity contribution in [3.8, 4) is 0 Å². The van der Waals surface area contributed by atoms with E-state index in [1.54, 1.807) is 13.0 Å². The van der Waals surface area contributed by atoms with Crippen molar-refractivity contribution in [2.24, 2.45) is 0 Å². The lowest BCUT2D eigenvalue weighted by atomic mass is 9.87. The van der Waals surface area contributed by atoms with Gasteiger partial charge in [-0.25, -0.2) is 9.78 Å². The van der Waals surface area contributed by atoms with Crippen molar-refractivity contribution in [1.29, 1.82) is 0 Å². The first kappa shape index (κ1) is 21.6. The molecular weight excluding hydrogens is 352 g/mol. The van der Waals surface area contributed by atoms with Crippen LogP contribution in [0.25, 0.3) is 0 Å². The fourth-order valence-corrected chi connectivity index (χ4v) is 2.32. The second-order valence-corrected chi connectivity index (χ2v) is 6.85. The van der Waals surface area contributed by atoms with Gasteiger partial charge in [0.15, 0.2) is 0 Å². The highest BCUT2D eigenvalue weighted by Gasteiger charge is 2.13. The second-order valence-electron chi connectivity index (χ2n) is 6.85. The Labute approximate surface area is 160 Å². The lowest BCUT2D eigenvalue weighted by molar-refractivity contribution is -0.342. The maximum atomic E-state index is 11.4. The second kappa shape index (κ2) is 9.29. The number of H-pyrrole nitrogens is 1. The van der Waals surface area contributed by atoms with E-state index in [-0.39, 0.29) is 17.8 Å². The van der Waals surface area contributed by atoms with E-state index in [1.807, 2.05) is 6.07 Å². The molecular formula is C19H27ClN4O2. The van der Waals surface area contributed by atoms with Crippen LogP contribution in [-0.2, 0) is 16.7 Å². The van der Waals surface area contributed by atoms with Gasteiger partial charge in [-0.2, -0.15) is 0 Å². The van der Waals surface area contributed by atoms with Crippen molar-refractivity contribution in [2.45, 2.75) is 39.7 Å². The molecule has 0 unspecified atom stereocenters. The molecule has 0 radical (unpaired) electrons. The highest BCUT2D eigenvalue weighted by molar-refractivity contribution is 5.87. The number of hydrogen-bond acceptors (Lipinski definition) is 4. The summed E-state index contributed by atoms with van der Waals surface area (Å²) in [5.41, 5.74) is 9.05. The third kappa shape index (κ3) is 6.11. The van der Waals surface area contributed by atoms with Crippen LogP contribution in [0.5, 0.6) is 0 Å². The maximum Gasteiger partial charge on any atom is 0.411 e. The van der Waals surface area contributed by atoms with Crippen LogP contribution in [0.4, 0.5) is 22.1 Å². The van der Waals surface area contributed by atoms with Crippen LogP contribution in [0.1, 0.15) is 38.8 Å². The molecule has 5 N–H and O–H groups in total. The number of nitrogen functional groups attached to an aromatic ring is 1. The number of amides is 1. The molecule has 2 rings (SSSR count). The van der Waals surface area contributed by atoms with Gasteiger partial charge in [-0.15, -0.1) is 0 Å². The van der Waals surface area contributed by atoms with E-state index in [0.29, 0.717) is 24.7 Å². The van der Waals surface area contributed by atoms with Crippen molar-refractivity contribution >= 4 is 23.4 Å². The van der Waals surface area contributed by atoms with Gasteiger partial charge in [-0.1, -0.05) is 45.0 Å². The van der Waals surface area contributed by atoms with E-state index in [9.17, 15) is 4.79 Å². The maximum absolute atomic E-state index is 11.4. The van der Waals surface area contributed by atoms with Crippen LogP contribution in [0.2, 0.25) is 0 Å². The van der Waals surface area contributed by atoms with Crippen LogP contribution < -0.4 is 33.8 Å². The lowest BCUT2D eigenvalue weighted by Gasteiger charge is -2.19. The zero-order valence-corrected chi connectivity index (χ0v) is 16.4. The van der Waals surface area contributed by atoms with E-state index < -0.39 is 6.09 Å². The summed E-state index contributed by atoms with van der Waals surface area (Å²) in [6.45, 7) is 9.32. The number of aromatic nitrogens is 1. The minimum Gasteiger partial charge on any atom is -1.00 e. The lowest BCUT2D eigenvalue weighted by Crippen LogP contribution is -3.00. The molecule has 1 heterocycles. The Hall–Kier alpha value is -2.47. The number of ether oxygens (including phenoxy) is 1. The summed E-state index contributed by atoms with van der Waals surface area (Å²) in [5.74, 6) is 1.13. The fourth-order valence-electron chi connectivity index (χ4n) is 2.32. The first-order valence-electron chi connectivity index (χ1n) is 8.38. The first-order chi connectivity index (χ1) is 11.8. The topological polar surface area (TPSA) is 90.5 Å². The monoisotopic (exact) mass is 378 g/mol. The third-order valence-corrected chi connectivity index (χ3v) is 3.79. The predicted molar refractivity (Wildman–Crippen MR) is 101 cm³/mol. The van der Waals surface area contributed by atoms with Crippen molar-refractivity contribution in [3.63, 3.8) is 0 Å². The van der Waals surface area contributed by atoms with Crippen molar-refractivity contribution in [3.05, 3.63) is 47.5 Å². The zero-order chi connectivity index (χ0) is 18.4. The van der Waals surface area contributed by atoms with Gasteiger partial charge in [0.2, 0.25) is 11.6 Å². The van der Waals surface area contributed by atoms with Gasteiger partial charge in [0.1, 0.15) is 5.69 Å². The van der Waals surface area contributed by atoms with Crippen molar-refractivity contribution in [2.75, 3.05) is 23.0 Å². The Balaban J connectivity index is 0.00000338. The average Bonchev–Trinajstić information content (AvgIpc) is 2.55. The molecule has 7 heteroatoms. The highest BCUT2D eigenvalue weighted by atomic mass is 35.5. The Morgan fingerprint density at radius 1 is 1.15 bits per heavy atom. The molecule has 142 valence electrons. The average molecular weight is 379 g/mol. The molecule has 0 bridgehead atoms. The molecule has 1 aromatic carbocycles. The molecule has 0 aliphatic carbocycles. The molecule has 0 saturated heterocycles. The molecule has 0 saturated carbocycles. The summed E-state index contributed by atoms with van der Waals surface area (Å²) in [6.07, 6.45) is -0.526. The summed E-state index contributed by atoms with van der Waals surface area (Å²) < 4.78 is 4.83. The smallest absolute Gasteiger partial charge is 0.411 e. The Morgan fingerprint density at radius 3 is 2.35 bits per heavy atom. The summed E-state index contributed by atoms with van der Waals surface area (Å²) in [4.78, 5) is 14.5. The summed E-state index contributed by atoms with van der Waals surface area (Å²) in [6, 6.07) is 12.1. The van der Waals surface area contributed by atoms with E-state index in [1.165, 1.54) is 11.1 Å². The third-order valence-electron chi connectivity index (χ3n) is 3.79. The van der Waals surface area contributed by atoms with Gasteiger partial charge in [0.05, 0.1) is 13.2 Å². The molecule has 26 heavy (non-hydrogen) atoms. The number of carbonyl (C=O) groups excluding carboxylic acids is 1. The molecule has 0 aliphatic rings. The Bertz CT molecular complexity index is 727. The van der Waals surface area contributed by atoms with Gasteiger partial charge in [-0.3, -0.25) is 5.32 Å². The number of halogens is 1. The van der Waals surface area contributed by atoms with Crippen LogP contribution in [0, 0.1) is 0 Å². The predicted octanol–water partition coefficient (Wildman–Crippen LogP) is 0.565. The van der Waals surface area contributed by atoms with E-state index in [4.69, 9.17) is 10.5 Å². The number of aromatic amines is 1. The van der Waals surface area contributed by atoms with Gasteiger partial charge < -0.3 is 28.2 Å². The number of nitrogens with one attached hydrogen (secondary N) is 3. The molecule has 0 fully saturated rings. The zero-order valence-electron chi connectivity index (χ0n) is 15.7. The largest absolute Gasteiger partial charge is 1.00 e. The van der Waals surface area contributed by atoms with E-state index in [0.717, 1.165) is 5.82 Å². The molecule has 0 aliphatic heterocycles. The van der Waals surface area contributed by atoms with Crippen molar-refractivity contribution in [1.82, 2.24) is 0 Å². The van der Waals surface area contributed by atoms with Gasteiger partial charge in [0.25, 0.3) is 0 Å². The number of hydrogen-bond donors (Lipinski definition) is 3. The minimum absolute atomic E-state index is 0. The van der Waals surface area contributed by atoms with Crippen molar-refractivity contribution < 1.29 is 26.9 Å². The van der Waals surface area contributed by atoms with Crippen LogP contribution >= 0.6 is 0 Å². The Morgan fingerprint density at radius 2 is 1.81 bits per heavy atom. The molecule has 0 atom stereocenters. The van der Waals surface area contributed by atoms with Crippen LogP contribution in [0.15, 0.2) is 36.4 Å². The summed E-state index contributed by atoms with van der Waals surface area (Å²) in [5, 5.41) is 5.87. The molecule has 1 amide bonds. The Kier molecular flexibility index (Phi) is 7.71. The normalized spacial score (nSPS) is 10.6. The summed E-state index contributed by atoms with van der Waals surface area (Å²) >= 11 is 0. The number of rotatable bonds is 5. The number of anilines is 3. The number of carbonyl (C=O) groups is 1. The minimum atomic E-state index is -0.526. The quantitative estimate of drug-likeness (QED) is 0.709. The fraction of sp³-hybridized carbons (Fsp3) is 0.368. The highest BCUT2D eigenvalue weighted by Crippen LogP contribution is 2.22. The number of benzene rings is 1. The standard InChI is InChI=1S/C19H26N4O2.ClH/c1-5-25-18(24)22-15-10-11-16(23-17(15)20)21-12-13-6-8-14(9-7-13)19(2,3)4;/h6-11H,5,12H2,1-4H3,(H,22,24)(H3,20,21,23);1H. The van der Waals surface area contributed by atoms with E-state index in [2.05, 4.69) is 60.7 Å².